The van der Waals surface area contributed by atoms with Crippen molar-refractivity contribution in [1.29, 1.82) is 0 Å². The predicted octanol–water partition coefficient (Wildman–Crippen LogP) is 12.2. The van der Waals surface area contributed by atoms with E-state index in [2.05, 4.69) is 144 Å². The van der Waals surface area contributed by atoms with Crippen LogP contribution in [-0.4, -0.2) is 12.3 Å². The lowest BCUT2D eigenvalue weighted by Gasteiger charge is -2.50. The SMILES string of the molecule is [2H]c1c([2H])c([2H])c(-c2cc3c(s2)Oc2cc(N4c5ccccc5C5(C)CCCCC45C)cc4c2B3c2cc(C(C)(C)C)ccc2N4c2ccc(C(C)(C)C)cc2)c([2H])c1[2H]. The monoisotopic (exact) mass is 743 g/mol. The van der Waals surface area contributed by atoms with Crippen molar-refractivity contribution in [2.75, 3.05) is 9.80 Å². The lowest BCUT2D eigenvalue weighted by Crippen LogP contribution is -2.59. The summed E-state index contributed by atoms with van der Waals surface area (Å²) < 4.78 is 50.3. The second kappa shape index (κ2) is 11.9. The maximum atomic E-state index is 8.91. The van der Waals surface area contributed by atoms with E-state index in [1.165, 1.54) is 46.6 Å². The second-order valence-electron chi connectivity index (χ2n) is 18.6. The molecule has 1 aliphatic carbocycles. The average molecular weight is 744 g/mol. The third-order valence-corrected chi connectivity index (χ3v) is 14.4. The van der Waals surface area contributed by atoms with Crippen LogP contribution >= 0.6 is 11.3 Å². The Balaban J connectivity index is 1.27. The van der Waals surface area contributed by atoms with E-state index in [1.54, 1.807) is 0 Å². The van der Waals surface area contributed by atoms with Gasteiger partial charge in [0.15, 0.2) is 5.06 Å². The highest BCUT2D eigenvalue weighted by molar-refractivity contribution is 7.20. The van der Waals surface area contributed by atoms with Crippen molar-refractivity contribution in [3.8, 4) is 21.3 Å². The Morgan fingerprint density at radius 2 is 1.42 bits per heavy atom. The van der Waals surface area contributed by atoms with E-state index < -0.39 is 6.04 Å². The molecule has 3 aliphatic heterocycles. The number of rotatable bonds is 3. The van der Waals surface area contributed by atoms with E-state index >= 15 is 0 Å². The highest BCUT2D eigenvalue weighted by Crippen LogP contribution is 2.61. The minimum absolute atomic E-state index is 0.00345. The lowest BCUT2D eigenvalue weighted by molar-refractivity contribution is 0.195. The van der Waals surface area contributed by atoms with Gasteiger partial charge in [0, 0.05) is 44.8 Å². The highest BCUT2D eigenvalue weighted by Gasteiger charge is 2.58. The number of nitrogens with zero attached hydrogens (tertiary/aromatic N) is 2. The molecule has 0 radical (unpaired) electrons. The van der Waals surface area contributed by atoms with E-state index in [1.807, 2.05) is 6.07 Å². The molecule has 1 aromatic heterocycles. The molecule has 1 saturated carbocycles. The maximum Gasteiger partial charge on any atom is 0.257 e. The number of para-hydroxylation sites is 1. The number of anilines is 5. The Bertz CT molecular complexity index is 2760. The van der Waals surface area contributed by atoms with Crippen molar-refractivity contribution in [2.24, 2.45) is 0 Å². The molecule has 6 aromatic rings. The largest absolute Gasteiger partial charge is 0.448 e. The van der Waals surface area contributed by atoms with Crippen LogP contribution in [0.15, 0.2) is 115 Å². The van der Waals surface area contributed by atoms with Crippen molar-refractivity contribution < 1.29 is 11.6 Å². The Morgan fingerprint density at radius 3 is 2.16 bits per heavy atom. The molecule has 55 heavy (non-hydrogen) atoms. The molecule has 276 valence electrons. The lowest BCUT2D eigenvalue weighted by atomic mass is 9.34. The Morgan fingerprint density at radius 1 is 0.709 bits per heavy atom. The van der Waals surface area contributed by atoms with Gasteiger partial charge in [0.2, 0.25) is 0 Å². The van der Waals surface area contributed by atoms with Crippen LogP contribution in [0.5, 0.6) is 10.8 Å². The van der Waals surface area contributed by atoms with Crippen molar-refractivity contribution in [1.82, 2.24) is 0 Å². The third kappa shape index (κ3) is 5.07. The summed E-state index contributed by atoms with van der Waals surface area (Å²) in [5.74, 6) is 0.781. The number of ether oxygens (including phenoxy) is 1. The summed E-state index contributed by atoms with van der Waals surface area (Å²) in [7, 11) is 0. The predicted molar refractivity (Wildman–Crippen MR) is 236 cm³/mol. The van der Waals surface area contributed by atoms with Crippen LogP contribution in [-0.2, 0) is 16.2 Å². The summed E-state index contributed by atoms with van der Waals surface area (Å²) >= 11 is 1.36. The molecule has 0 N–H and O–H groups in total. The Kier molecular flexibility index (Phi) is 6.38. The number of thiophene rings is 1. The minimum Gasteiger partial charge on any atom is -0.448 e. The van der Waals surface area contributed by atoms with Gasteiger partial charge in [-0.3, -0.25) is 0 Å². The van der Waals surface area contributed by atoms with Gasteiger partial charge in [-0.25, -0.2) is 0 Å². The molecule has 0 bridgehead atoms. The van der Waals surface area contributed by atoms with E-state index in [0.29, 0.717) is 9.94 Å². The van der Waals surface area contributed by atoms with Crippen LogP contribution in [0.1, 0.15) is 105 Å². The third-order valence-electron chi connectivity index (χ3n) is 13.3. The van der Waals surface area contributed by atoms with E-state index in [9.17, 15) is 0 Å². The van der Waals surface area contributed by atoms with Crippen LogP contribution in [0, 0.1) is 0 Å². The average Bonchev–Trinajstić information content (AvgIpc) is 3.71. The molecule has 10 rings (SSSR count). The van der Waals surface area contributed by atoms with Gasteiger partial charge in [0.1, 0.15) is 5.75 Å². The van der Waals surface area contributed by atoms with Gasteiger partial charge in [-0.05, 0) is 106 Å². The Hall–Kier alpha value is -4.74. The molecule has 2 unspecified atom stereocenters. The highest BCUT2D eigenvalue weighted by atomic mass is 32.1. The van der Waals surface area contributed by atoms with E-state index in [0.717, 1.165) is 57.7 Å². The van der Waals surface area contributed by atoms with Crippen molar-refractivity contribution in [2.45, 2.75) is 103 Å². The zero-order chi connectivity index (χ0) is 42.4. The summed E-state index contributed by atoms with van der Waals surface area (Å²) in [6.07, 6.45) is 4.57. The van der Waals surface area contributed by atoms with Gasteiger partial charge >= 0.3 is 0 Å². The summed E-state index contributed by atoms with van der Waals surface area (Å²) in [6, 6.07) is 30.1. The van der Waals surface area contributed by atoms with Crippen molar-refractivity contribution >= 4 is 62.9 Å². The zero-order valence-corrected chi connectivity index (χ0v) is 34.0. The molecule has 2 atom stereocenters. The van der Waals surface area contributed by atoms with Crippen LogP contribution in [0.4, 0.5) is 28.4 Å². The molecule has 5 heteroatoms. The van der Waals surface area contributed by atoms with E-state index in [-0.39, 0.29) is 58.2 Å². The molecule has 1 fully saturated rings. The standard InChI is InChI=1S/C50H51BN2OS/c1-47(2,3)33-20-23-35(24-21-33)52-41-25-22-34(48(4,5)6)28-38(41)51-39-31-44(32-16-10-9-11-17-32)55-46(39)54-43-30-36(29-42(52)45(43)51)53-40-19-13-12-18-37(40)49(7)26-14-15-27-50(49,53)8/h9-13,16-25,28-31H,14-15,26-27H2,1-8H3/i9D,10D,11D,16D,17D. The first-order valence-corrected chi connectivity index (χ1v) is 20.7. The van der Waals surface area contributed by atoms with Gasteiger partial charge in [-0.1, -0.05) is 145 Å². The van der Waals surface area contributed by atoms with Gasteiger partial charge in [0.05, 0.1) is 12.4 Å². The number of benzene rings is 5. The quantitative estimate of drug-likeness (QED) is 0.168. The minimum atomic E-state index is -0.395. The number of hydrogen-bond donors (Lipinski definition) is 0. The number of fused-ring (bicyclic) bond motifs is 7. The fourth-order valence-electron chi connectivity index (χ4n) is 10.1. The Labute approximate surface area is 339 Å². The summed E-state index contributed by atoms with van der Waals surface area (Å²) in [6.45, 7) is 18.2. The normalized spacial score (nSPS) is 22.3. The first kappa shape index (κ1) is 29.5. The molecule has 0 saturated heterocycles. The van der Waals surface area contributed by atoms with Gasteiger partial charge < -0.3 is 14.5 Å². The summed E-state index contributed by atoms with van der Waals surface area (Å²) in [5, 5.41) is 0.683. The van der Waals surface area contributed by atoms with Crippen LogP contribution in [0.25, 0.3) is 10.4 Å². The molecular formula is C50H51BN2OS. The fraction of sp³-hybridized carbons (Fsp3) is 0.320. The molecule has 4 aliphatic rings. The molecule has 0 amide bonds. The van der Waals surface area contributed by atoms with Crippen molar-refractivity contribution in [3.05, 3.63) is 132 Å². The van der Waals surface area contributed by atoms with E-state index in [4.69, 9.17) is 11.6 Å². The van der Waals surface area contributed by atoms with Gasteiger partial charge in [0.25, 0.3) is 6.71 Å². The van der Waals surface area contributed by atoms with Gasteiger partial charge in [-0.15, -0.1) is 0 Å². The smallest absolute Gasteiger partial charge is 0.257 e. The molecule has 4 heterocycles. The molecule has 5 aromatic carbocycles. The summed E-state index contributed by atoms with van der Waals surface area (Å²) in [5.41, 5.74) is 12.5. The summed E-state index contributed by atoms with van der Waals surface area (Å²) in [4.78, 5) is 5.63. The fourth-order valence-corrected chi connectivity index (χ4v) is 11.1. The second-order valence-corrected chi connectivity index (χ2v) is 19.6. The van der Waals surface area contributed by atoms with Crippen LogP contribution < -0.4 is 30.9 Å². The first-order valence-electron chi connectivity index (χ1n) is 22.4. The first-order chi connectivity index (χ1) is 28.3. The van der Waals surface area contributed by atoms with Crippen molar-refractivity contribution in [3.63, 3.8) is 0 Å². The number of hydrogen-bond acceptors (Lipinski definition) is 4. The van der Waals surface area contributed by atoms with Crippen LogP contribution in [0.2, 0.25) is 0 Å². The molecule has 3 nitrogen and oxygen atoms in total. The van der Waals surface area contributed by atoms with Gasteiger partial charge in [-0.2, -0.15) is 0 Å². The zero-order valence-electron chi connectivity index (χ0n) is 38.2. The van der Waals surface area contributed by atoms with Crippen LogP contribution in [0.3, 0.4) is 0 Å². The maximum absolute atomic E-state index is 8.91. The topological polar surface area (TPSA) is 15.7 Å². The molecular weight excluding hydrogens is 687 g/mol. The molecule has 0 spiro atoms.